The van der Waals surface area contributed by atoms with Crippen LogP contribution in [0, 0.1) is 0 Å². The predicted molar refractivity (Wildman–Crippen MR) is 67.1 cm³/mol. The molecule has 0 bridgehead atoms. The monoisotopic (exact) mass is 288 g/mol. The minimum atomic E-state index is -2.60. The van der Waals surface area contributed by atoms with Gasteiger partial charge in [-0.1, -0.05) is 0 Å². The van der Waals surface area contributed by atoms with Crippen molar-refractivity contribution in [2.45, 2.75) is 0 Å². The first kappa shape index (κ1) is 17.7. The number of hydrogen-bond donors (Lipinski definition) is 0. The molecule has 108 valence electrons. The lowest BCUT2D eigenvalue weighted by Crippen LogP contribution is -2.23. The van der Waals surface area contributed by atoms with E-state index < -0.39 is 8.60 Å². The summed E-state index contributed by atoms with van der Waals surface area (Å²) in [5.41, 5.74) is 0. The van der Waals surface area contributed by atoms with Crippen LogP contribution in [0.2, 0.25) is 0 Å². The van der Waals surface area contributed by atoms with Crippen LogP contribution in [0.15, 0.2) is 37.4 Å². The molecule has 0 saturated carbocycles. The van der Waals surface area contributed by atoms with Crippen LogP contribution < -0.4 is 18.9 Å². The highest BCUT2D eigenvalue weighted by atomic mass is 31.2. The van der Waals surface area contributed by atoms with E-state index in [1.54, 1.807) is 0 Å². The fourth-order valence-corrected chi connectivity index (χ4v) is 1.15. The Morgan fingerprint density at radius 1 is 0.947 bits per heavy atom. The molecule has 0 spiro atoms. The second-order valence-electron chi connectivity index (χ2n) is 3.90. The maximum atomic E-state index is 9.18. The summed E-state index contributed by atoms with van der Waals surface area (Å²) in [7, 11) is 6.50. The number of rotatable bonds is 1. The smallest absolute Gasteiger partial charge is 0.243 e. The van der Waals surface area contributed by atoms with Gasteiger partial charge in [0.15, 0.2) is 0 Å². The number of hydrogen-bond acceptors (Lipinski definition) is 3. The van der Waals surface area contributed by atoms with E-state index in [0.29, 0.717) is 0 Å². The van der Waals surface area contributed by atoms with Gasteiger partial charge in [-0.2, -0.15) is 8.60 Å². The molecule has 0 saturated heterocycles. The molecule has 2 aromatic heterocycles. The summed E-state index contributed by atoms with van der Waals surface area (Å²) in [5, 5.41) is 0. The number of nitrogens with zero attached hydrogens (tertiary/aromatic N) is 4. The van der Waals surface area contributed by atoms with Crippen LogP contribution in [-0.4, -0.2) is 16.2 Å². The van der Waals surface area contributed by atoms with Crippen molar-refractivity contribution < 1.29 is 23.4 Å². The first-order valence-corrected chi connectivity index (χ1v) is 6.57. The second-order valence-corrected chi connectivity index (χ2v) is 4.71. The molecule has 0 unspecified atom stereocenters. The standard InChI is InChI=1S/2C5H9N2.CH3O3P/c2*1-6-3-4-7(2)5-6;1-4-5(2)3/h2*3-5H,1-2H3;1H3/q2*+1;-2. The molecule has 19 heavy (non-hydrogen) atoms. The molecule has 0 aliphatic heterocycles. The van der Waals surface area contributed by atoms with E-state index in [2.05, 4.69) is 4.52 Å². The zero-order chi connectivity index (χ0) is 14.8. The molecular formula is C11H21N4O3P. The van der Waals surface area contributed by atoms with Gasteiger partial charge in [0.05, 0.1) is 28.2 Å². The summed E-state index contributed by atoms with van der Waals surface area (Å²) >= 11 is 0. The maximum Gasteiger partial charge on any atom is 0.243 e. The van der Waals surface area contributed by atoms with E-state index in [9.17, 15) is 9.79 Å². The Morgan fingerprint density at radius 3 is 1.32 bits per heavy atom. The molecule has 0 aliphatic rings. The third kappa shape index (κ3) is 10.3. The van der Waals surface area contributed by atoms with E-state index in [0.717, 1.165) is 7.11 Å². The quantitative estimate of drug-likeness (QED) is 0.463. The van der Waals surface area contributed by atoms with Crippen molar-refractivity contribution in [1.82, 2.24) is 9.13 Å². The highest BCUT2D eigenvalue weighted by Gasteiger charge is 1.88. The van der Waals surface area contributed by atoms with Crippen molar-refractivity contribution in [1.29, 1.82) is 0 Å². The van der Waals surface area contributed by atoms with Gasteiger partial charge in [0.2, 0.25) is 12.7 Å². The summed E-state index contributed by atoms with van der Waals surface area (Å²) in [6.07, 6.45) is 12.0. The van der Waals surface area contributed by atoms with Crippen molar-refractivity contribution in [3.05, 3.63) is 37.4 Å². The van der Waals surface area contributed by atoms with Crippen LogP contribution in [0.25, 0.3) is 0 Å². The van der Waals surface area contributed by atoms with E-state index in [4.69, 9.17) is 0 Å². The topological polar surface area (TPSA) is 73.0 Å². The minimum absolute atomic E-state index is 1.10. The largest absolute Gasteiger partial charge is 0.820 e. The number of aromatic nitrogens is 4. The van der Waals surface area contributed by atoms with Crippen LogP contribution >= 0.6 is 8.60 Å². The summed E-state index contributed by atoms with van der Waals surface area (Å²) in [4.78, 5) is 18.4. The fraction of sp³-hybridized carbons (Fsp3) is 0.455. The van der Waals surface area contributed by atoms with Gasteiger partial charge in [0.1, 0.15) is 24.8 Å². The van der Waals surface area contributed by atoms with Gasteiger partial charge in [-0.3, -0.25) is 0 Å². The van der Waals surface area contributed by atoms with Gasteiger partial charge in [0.25, 0.3) is 0 Å². The van der Waals surface area contributed by atoms with Crippen LogP contribution in [0.4, 0.5) is 0 Å². The van der Waals surface area contributed by atoms with Gasteiger partial charge < -0.3 is 14.3 Å². The third-order valence-corrected chi connectivity index (χ3v) is 2.25. The summed E-state index contributed by atoms with van der Waals surface area (Å²) < 4.78 is 11.7. The van der Waals surface area contributed by atoms with E-state index in [-0.39, 0.29) is 0 Å². The molecule has 2 rings (SSSR count). The Kier molecular flexibility index (Phi) is 8.99. The molecule has 0 radical (unpaired) electrons. The van der Waals surface area contributed by atoms with Gasteiger partial charge in [-0.05, 0) is 0 Å². The lowest BCUT2D eigenvalue weighted by atomic mass is 10.9. The average molecular weight is 288 g/mol. The molecule has 0 atom stereocenters. The fourth-order valence-electron chi connectivity index (χ4n) is 1.15. The van der Waals surface area contributed by atoms with Gasteiger partial charge in [-0.25, -0.2) is 18.3 Å². The molecule has 8 heteroatoms. The molecule has 0 amide bonds. The van der Waals surface area contributed by atoms with Crippen molar-refractivity contribution in [3.63, 3.8) is 0 Å². The molecule has 0 fully saturated rings. The van der Waals surface area contributed by atoms with Crippen LogP contribution in [-0.2, 0) is 32.7 Å². The highest BCUT2D eigenvalue weighted by molar-refractivity contribution is 7.36. The van der Waals surface area contributed by atoms with E-state index >= 15 is 0 Å². The zero-order valence-electron chi connectivity index (χ0n) is 11.9. The number of aryl methyl sites for hydroxylation is 4. The van der Waals surface area contributed by atoms with Crippen LogP contribution in [0.3, 0.4) is 0 Å². The molecular weight excluding hydrogens is 267 g/mol. The SMILES string of the molecule is COP([O-])[O-].Cn1cc[n+](C)c1.Cn1cc[n+](C)c1. The molecule has 0 N–H and O–H groups in total. The molecule has 7 nitrogen and oxygen atoms in total. The molecule has 0 aromatic carbocycles. The molecule has 2 aromatic rings. The van der Waals surface area contributed by atoms with Crippen LogP contribution in [0.1, 0.15) is 0 Å². The summed E-state index contributed by atoms with van der Waals surface area (Å²) in [5.74, 6) is 0. The highest BCUT2D eigenvalue weighted by Crippen LogP contribution is 2.07. The lowest BCUT2D eigenvalue weighted by molar-refractivity contribution is -0.671. The van der Waals surface area contributed by atoms with E-state index in [1.165, 1.54) is 0 Å². The van der Waals surface area contributed by atoms with Crippen LogP contribution in [0.5, 0.6) is 0 Å². The maximum absolute atomic E-state index is 9.18. The summed E-state index contributed by atoms with van der Waals surface area (Å²) in [6.45, 7) is 0. The predicted octanol–water partition coefficient (Wildman–Crippen LogP) is -1.72. The normalized spacial score (nSPS) is 9.47. The van der Waals surface area contributed by atoms with Crippen molar-refractivity contribution in [2.75, 3.05) is 7.11 Å². The summed E-state index contributed by atoms with van der Waals surface area (Å²) in [6, 6.07) is 0. The Morgan fingerprint density at radius 2 is 1.26 bits per heavy atom. The number of imidazole rings is 2. The first-order chi connectivity index (χ1) is 8.85. The Hall–Kier alpha value is -1.27. The molecule has 2 heterocycles. The van der Waals surface area contributed by atoms with Gasteiger partial charge >= 0.3 is 0 Å². The zero-order valence-corrected chi connectivity index (χ0v) is 12.8. The van der Waals surface area contributed by atoms with Crippen molar-refractivity contribution in [2.24, 2.45) is 28.2 Å². The van der Waals surface area contributed by atoms with Crippen molar-refractivity contribution in [3.8, 4) is 0 Å². The lowest BCUT2D eigenvalue weighted by Gasteiger charge is -2.25. The van der Waals surface area contributed by atoms with E-state index in [1.807, 2.05) is 83.9 Å². The average Bonchev–Trinajstić information content (AvgIpc) is 2.89. The first-order valence-electron chi connectivity index (χ1n) is 5.48. The third-order valence-electron chi connectivity index (χ3n) is 1.95. The minimum Gasteiger partial charge on any atom is -0.820 e. The van der Waals surface area contributed by atoms with Gasteiger partial charge in [0, 0.05) is 7.11 Å². The second kappa shape index (κ2) is 9.63. The molecule has 0 aliphatic carbocycles. The van der Waals surface area contributed by atoms with Crippen molar-refractivity contribution >= 4 is 8.60 Å². The Balaban J connectivity index is 0.000000261. The van der Waals surface area contributed by atoms with Gasteiger partial charge in [-0.15, -0.1) is 0 Å². The Labute approximate surface area is 114 Å². The Bertz CT molecular complexity index is 385.